The molecule has 11 nitrogen and oxygen atoms in total. The van der Waals surface area contributed by atoms with E-state index in [1.54, 1.807) is 78.9 Å². The van der Waals surface area contributed by atoms with Gasteiger partial charge < -0.3 is 10.7 Å². The van der Waals surface area contributed by atoms with Gasteiger partial charge in [-0.25, -0.2) is 9.59 Å². The van der Waals surface area contributed by atoms with Gasteiger partial charge in [0.25, 0.3) is 5.69 Å². The highest BCUT2D eigenvalue weighted by Gasteiger charge is 2.26. The average Bonchev–Trinajstić information content (AvgIpc) is 3.48. The van der Waals surface area contributed by atoms with Crippen molar-refractivity contribution in [1.29, 1.82) is 0 Å². The summed E-state index contributed by atoms with van der Waals surface area (Å²) in [7, 11) is 0. The van der Waals surface area contributed by atoms with Crippen molar-refractivity contribution in [3.8, 4) is 22.7 Å². The lowest BCUT2D eigenvalue weighted by atomic mass is 10.2. The van der Waals surface area contributed by atoms with Gasteiger partial charge in [0.05, 0.1) is 44.1 Å². The number of anilines is 1. The number of hydrogen-bond donors (Lipinski definition) is 1. The van der Waals surface area contributed by atoms with Crippen LogP contribution in [0, 0.1) is 15.3 Å². The van der Waals surface area contributed by atoms with E-state index in [0.29, 0.717) is 39.1 Å². The highest BCUT2D eigenvalue weighted by atomic mass is 16.6. The first-order chi connectivity index (χ1) is 21.0. The molecule has 5 aromatic carbocycles. The van der Waals surface area contributed by atoms with Crippen LogP contribution in [0.2, 0.25) is 0 Å². The highest BCUT2D eigenvalue weighted by molar-refractivity contribution is 5.96. The minimum atomic E-state index is -0.538. The second-order valence-corrected chi connectivity index (χ2v) is 9.77. The van der Waals surface area contributed by atoms with Crippen LogP contribution in [0.4, 0.5) is 11.4 Å². The van der Waals surface area contributed by atoms with E-state index < -0.39 is 16.3 Å². The number of nitro groups is 1. The molecule has 0 aliphatic rings. The molecule has 7 rings (SSSR count). The average molecular weight is 570 g/mol. The summed E-state index contributed by atoms with van der Waals surface area (Å²) in [5, 5.41) is 24.0. The monoisotopic (exact) mass is 569 g/mol. The van der Waals surface area contributed by atoms with Crippen molar-refractivity contribution in [2.24, 2.45) is 0 Å². The van der Waals surface area contributed by atoms with Crippen LogP contribution in [0.15, 0.2) is 131 Å². The van der Waals surface area contributed by atoms with E-state index in [9.17, 15) is 24.9 Å². The van der Waals surface area contributed by atoms with Crippen LogP contribution >= 0.6 is 0 Å². The zero-order valence-electron chi connectivity index (χ0n) is 22.3. The molecular formula is C32H21N6O5-. The first kappa shape index (κ1) is 25.7. The number of rotatable bonds is 6. The van der Waals surface area contributed by atoms with Gasteiger partial charge in [0.2, 0.25) is 0 Å². The molecule has 0 spiro atoms. The van der Waals surface area contributed by atoms with Crippen molar-refractivity contribution in [2.75, 3.05) is 5.48 Å². The fraction of sp³-hybridized carbons (Fsp3) is 0. The summed E-state index contributed by atoms with van der Waals surface area (Å²) in [5.41, 5.74) is 4.00. The maximum absolute atomic E-state index is 14.2. The molecule has 1 N–H and O–H groups in total. The summed E-state index contributed by atoms with van der Waals surface area (Å²) in [4.78, 5) is 39.9. The van der Waals surface area contributed by atoms with Gasteiger partial charge >= 0.3 is 11.4 Å². The van der Waals surface area contributed by atoms with Crippen molar-refractivity contribution in [3.63, 3.8) is 0 Å². The predicted molar refractivity (Wildman–Crippen MR) is 165 cm³/mol. The number of benzene rings is 5. The van der Waals surface area contributed by atoms with Crippen molar-refractivity contribution >= 4 is 33.4 Å². The van der Waals surface area contributed by atoms with Gasteiger partial charge in [0.15, 0.2) is 0 Å². The second kappa shape index (κ2) is 10.0. The minimum absolute atomic E-state index is 0.0783. The van der Waals surface area contributed by atoms with Gasteiger partial charge in [-0.2, -0.15) is 0 Å². The normalized spacial score (nSPS) is 11.3. The third-order valence-corrected chi connectivity index (χ3v) is 7.40. The SMILES string of the molecule is O=c1n(-c2ccccc2)c2cc3c(cc2n1-c1ccccc1N[O-])n(-c1ccccc1[N+](=O)[O-])c(=O)n3-c1ccccc1. The molecule has 0 aliphatic heterocycles. The molecule has 0 saturated heterocycles. The Morgan fingerprint density at radius 2 is 0.953 bits per heavy atom. The Morgan fingerprint density at radius 1 is 0.535 bits per heavy atom. The number of para-hydroxylation sites is 6. The Kier molecular flexibility index (Phi) is 6.00. The zero-order valence-corrected chi connectivity index (χ0v) is 22.3. The number of aromatic nitrogens is 4. The Labute approximate surface area is 242 Å². The summed E-state index contributed by atoms with van der Waals surface area (Å²) < 4.78 is 5.66. The molecule has 7 aromatic rings. The molecule has 43 heavy (non-hydrogen) atoms. The van der Waals surface area contributed by atoms with Crippen LogP contribution in [-0.2, 0) is 0 Å². The van der Waals surface area contributed by atoms with Crippen molar-refractivity contribution in [2.45, 2.75) is 0 Å². The van der Waals surface area contributed by atoms with Gasteiger partial charge in [-0.15, -0.1) is 0 Å². The smallest absolute Gasteiger partial charge is 0.338 e. The van der Waals surface area contributed by atoms with Crippen molar-refractivity contribution in [1.82, 2.24) is 18.3 Å². The van der Waals surface area contributed by atoms with E-state index in [0.717, 1.165) is 0 Å². The summed E-state index contributed by atoms with van der Waals surface area (Å²) in [6, 6.07) is 33.9. The number of nitro benzene ring substituents is 1. The van der Waals surface area contributed by atoms with E-state index in [-0.39, 0.29) is 17.1 Å². The molecular weight excluding hydrogens is 548 g/mol. The van der Waals surface area contributed by atoms with Crippen LogP contribution in [0.3, 0.4) is 0 Å². The predicted octanol–water partition coefficient (Wildman–Crippen LogP) is 5.69. The fourth-order valence-corrected chi connectivity index (χ4v) is 5.56. The molecule has 210 valence electrons. The highest BCUT2D eigenvalue weighted by Crippen LogP contribution is 2.32. The van der Waals surface area contributed by atoms with Crippen LogP contribution in [0.25, 0.3) is 44.8 Å². The van der Waals surface area contributed by atoms with E-state index in [1.165, 1.54) is 36.5 Å². The lowest BCUT2D eigenvalue weighted by molar-refractivity contribution is -0.384. The Bertz CT molecular complexity index is 2300. The summed E-state index contributed by atoms with van der Waals surface area (Å²) in [6.45, 7) is 0. The second-order valence-electron chi connectivity index (χ2n) is 9.77. The lowest BCUT2D eigenvalue weighted by Gasteiger charge is -2.15. The van der Waals surface area contributed by atoms with Crippen molar-refractivity contribution < 1.29 is 4.92 Å². The number of nitrogens with one attached hydrogen (secondary N) is 1. The van der Waals surface area contributed by atoms with E-state index in [2.05, 4.69) is 0 Å². The quantitative estimate of drug-likeness (QED) is 0.202. The summed E-state index contributed by atoms with van der Waals surface area (Å²) >= 11 is 0. The fourth-order valence-electron chi connectivity index (χ4n) is 5.56. The van der Waals surface area contributed by atoms with Gasteiger partial charge in [-0.3, -0.25) is 28.4 Å². The van der Waals surface area contributed by atoms with E-state index in [1.807, 2.05) is 29.7 Å². The third-order valence-electron chi connectivity index (χ3n) is 7.40. The molecule has 0 atom stereocenters. The molecule has 0 radical (unpaired) electrons. The van der Waals surface area contributed by atoms with Crippen LogP contribution < -0.4 is 16.9 Å². The number of hydrogen-bond acceptors (Lipinski definition) is 6. The van der Waals surface area contributed by atoms with E-state index in [4.69, 9.17) is 0 Å². The Morgan fingerprint density at radius 3 is 1.47 bits per heavy atom. The summed E-state index contributed by atoms with van der Waals surface area (Å²) in [5.74, 6) is 0. The van der Waals surface area contributed by atoms with Gasteiger partial charge in [-0.1, -0.05) is 60.7 Å². The Hall–Kier alpha value is -6.20. The number of nitrogens with zero attached hydrogens (tertiary/aromatic N) is 5. The van der Waals surface area contributed by atoms with Gasteiger partial charge in [0, 0.05) is 11.8 Å². The number of imidazole rings is 2. The topological polar surface area (TPSA) is 132 Å². The van der Waals surface area contributed by atoms with Crippen LogP contribution in [0.1, 0.15) is 0 Å². The van der Waals surface area contributed by atoms with Crippen LogP contribution in [0.5, 0.6) is 0 Å². The lowest BCUT2D eigenvalue weighted by Crippen LogP contribution is -2.23. The Balaban J connectivity index is 1.70. The molecule has 0 amide bonds. The molecule has 0 bridgehead atoms. The van der Waals surface area contributed by atoms with Crippen LogP contribution in [-0.4, -0.2) is 23.2 Å². The molecule has 11 heteroatoms. The molecule has 0 unspecified atom stereocenters. The minimum Gasteiger partial charge on any atom is -0.761 e. The molecule has 2 aromatic heterocycles. The maximum atomic E-state index is 14.2. The third kappa shape index (κ3) is 3.95. The standard InChI is InChI=1S/C32H21N6O5/c39-31-34(21-11-3-1-4-12-21)27-19-28-30(20-29(27)36(31)24-16-8-7-15-23(24)33-41)37(25-17-9-10-18-26(25)38(42)43)32(40)35(28)22-13-5-2-6-14-22/h1-20,33H/q-1. The zero-order chi connectivity index (χ0) is 29.7. The van der Waals surface area contributed by atoms with E-state index >= 15 is 0 Å². The van der Waals surface area contributed by atoms with Gasteiger partial charge in [0.1, 0.15) is 5.69 Å². The molecule has 0 fully saturated rings. The molecule has 0 aliphatic carbocycles. The molecule has 0 saturated carbocycles. The maximum Gasteiger partial charge on any atom is 0.338 e. The first-order valence-electron chi connectivity index (χ1n) is 13.3. The summed E-state index contributed by atoms with van der Waals surface area (Å²) in [6.07, 6.45) is 0. The molecule has 2 heterocycles. The number of fused-ring (bicyclic) bond motifs is 2. The van der Waals surface area contributed by atoms with Gasteiger partial charge in [-0.05, 0) is 54.6 Å². The largest absolute Gasteiger partial charge is 0.761 e. The first-order valence-corrected chi connectivity index (χ1v) is 13.3. The van der Waals surface area contributed by atoms with Crippen molar-refractivity contribution in [3.05, 3.63) is 158 Å².